The standard InChI is InChI=1S/C19H24N6O/c1-4-24(5-2)13-16-10-21-18-17(11-22-25(18)14-16)19(26)23(3)12-15-7-6-8-20-9-15/h6-11,14H,4-5,12-13H2,1-3H3. The molecule has 0 aromatic carbocycles. The normalized spacial score (nSPS) is 11.2. The lowest BCUT2D eigenvalue weighted by Crippen LogP contribution is -2.26. The highest BCUT2D eigenvalue weighted by atomic mass is 16.2. The molecule has 3 heterocycles. The maximum Gasteiger partial charge on any atom is 0.259 e. The lowest BCUT2D eigenvalue weighted by Gasteiger charge is -2.18. The van der Waals surface area contributed by atoms with E-state index in [1.165, 1.54) is 0 Å². The Morgan fingerprint density at radius 1 is 1.12 bits per heavy atom. The van der Waals surface area contributed by atoms with Crippen LogP contribution in [-0.2, 0) is 13.1 Å². The van der Waals surface area contributed by atoms with E-state index in [9.17, 15) is 4.79 Å². The van der Waals surface area contributed by atoms with Gasteiger partial charge in [0.2, 0.25) is 0 Å². The fourth-order valence-electron chi connectivity index (χ4n) is 2.89. The van der Waals surface area contributed by atoms with E-state index in [4.69, 9.17) is 0 Å². The average Bonchev–Trinajstić information content (AvgIpc) is 3.09. The Morgan fingerprint density at radius 3 is 2.62 bits per heavy atom. The van der Waals surface area contributed by atoms with Crippen molar-refractivity contribution < 1.29 is 4.79 Å². The van der Waals surface area contributed by atoms with E-state index in [0.29, 0.717) is 17.8 Å². The molecule has 0 bridgehead atoms. The molecule has 0 saturated carbocycles. The van der Waals surface area contributed by atoms with Crippen molar-refractivity contribution in [3.63, 3.8) is 0 Å². The third-order valence-electron chi connectivity index (χ3n) is 4.43. The fourth-order valence-corrected chi connectivity index (χ4v) is 2.89. The first-order chi connectivity index (χ1) is 12.6. The van der Waals surface area contributed by atoms with Crippen molar-refractivity contribution in [3.05, 3.63) is 59.8 Å². The number of pyridine rings is 1. The zero-order chi connectivity index (χ0) is 18.5. The van der Waals surface area contributed by atoms with Gasteiger partial charge in [-0.25, -0.2) is 9.50 Å². The average molecular weight is 352 g/mol. The number of nitrogens with zero attached hydrogens (tertiary/aromatic N) is 6. The largest absolute Gasteiger partial charge is 0.337 e. The van der Waals surface area contributed by atoms with E-state index < -0.39 is 0 Å². The number of hydrogen-bond acceptors (Lipinski definition) is 5. The molecule has 136 valence electrons. The van der Waals surface area contributed by atoms with Crippen LogP contribution in [0.3, 0.4) is 0 Å². The predicted octanol–water partition coefficient (Wildman–Crippen LogP) is 2.24. The van der Waals surface area contributed by atoms with Crippen molar-refractivity contribution in [1.82, 2.24) is 29.4 Å². The number of carbonyl (C=O) groups is 1. The second-order valence-electron chi connectivity index (χ2n) is 6.27. The molecule has 0 radical (unpaired) electrons. The summed E-state index contributed by atoms with van der Waals surface area (Å²) >= 11 is 0. The van der Waals surface area contributed by atoms with Crippen molar-refractivity contribution in [3.8, 4) is 0 Å². The first-order valence-electron chi connectivity index (χ1n) is 8.81. The molecule has 1 amide bonds. The van der Waals surface area contributed by atoms with Crippen LogP contribution in [0.5, 0.6) is 0 Å². The molecular weight excluding hydrogens is 328 g/mol. The number of fused-ring (bicyclic) bond motifs is 1. The van der Waals surface area contributed by atoms with Crippen LogP contribution in [0.2, 0.25) is 0 Å². The first kappa shape index (κ1) is 18.0. The molecule has 26 heavy (non-hydrogen) atoms. The lowest BCUT2D eigenvalue weighted by molar-refractivity contribution is 0.0786. The van der Waals surface area contributed by atoms with E-state index in [0.717, 1.165) is 30.8 Å². The molecule has 0 atom stereocenters. The minimum Gasteiger partial charge on any atom is -0.337 e. The summed E-state index contributed by atoms with van der Waals surface area (Å²) in [6.07, 6.45) is 8.84. The SMILES string of the molecule is CCN(CC)Cc1cnc2c(C(=O)N(C)Cc3cccnc3)cnn2c1. The summed E-state index contributed by atoms with van der Waals surface area (Å²) in [5.41, 5.74) is 3.14. The molecule has 0 spiro atoms. The molecule has 0 unspecified atom stereocenters. The summed E-state index contributed by atoms with van der Waals surface area (Å²) in [6, 6.07) is 3.81. The smallest absolute Gasteiger partial charge is 0.259 e. The van der Waals surface area contributed by atoms with E-state index in [1.54, 1.807) is 35.1 Å². The monoisotopic (exact) mass is 352 g/mol. The summed E-state index contributed by atoms with van der Waals surface area (Å²) < 4.78 is 1.68. The highest BCUT2D eigenvalue weighted by Gasteiger charge is 2.18. The van der Waals surface area contributed by atoms with Gasteiger partial charge in [0.15, 0.2) is 5.65 Å². The molecule has 3 aromatic rings. The van der Waals surface area contributed by atoms with E-state index >= 15 is 0 Å². The Balaban J connectivity index is 1.78. The highest BCUT2D eigenvalue weighted by molar-refractivity contribution is 5.99. The maximum atomic E-state index is 12.8. The molecular formula is C19H24N6O. The van der Waals surface area contributed by atoms with E-state index in [1.807, 2.05) is 24.5 Å². The molecule has 0 N–H and O–H groups in total. The summed E-state index contributed by atoms with van der Waals surface area (Å²) in [4.78, 5) is 25.3. The van der Waals surface area contributed by atoms with Crippen LogP contribution in [0.4, 0.5) is 0 Å². The van der Waals surface area contributed by atoms with Gasteiger partial charge in [-0.2, -0.15) is 5.10 Å². The van der Waals surface area contributed by atoms with Gasteiger partial charge in [-0.05, 0) is 24.7 Å². The van der Waals surface area contributed by atoms with Crippen molar-refractivity contribution in [2.75, 3.05) is 20.1 Å². The zero-order valence-corrected chi connectivity index (χ0v) is 15.5. The third-order valence-corrected chi connectivity index (χ3v) is 4.43. The molecule has 0 fully saturated rings. The van der Waals surface area contributed by atoms with Crippen LogP contribution < -0.4 is 0 Å². The summed E-state index contributed by atoms with van der Waals surface area (Å²) in [6.45, 7) is 7.55. The fraction of sp³-hybridized carbons (Fsp3) is 0.368. The molecule has 0 aliphatic carbocycles. The van der Waals surface area contributed by atoms with Crippen LogP contribution in [0, 0.1) is 0 Å². The molecule has 3 aromatic heterocycles. The summed E-state index contributed by atoms with van der Waals surface area (Å²) in [5, 5.41) is 4.32. The first-order valence-corrected chi connectivity index (χ1v) is 8.81. The van der Waals surface area contributed by atoms with Crippen LogP contribution in [0.25, 0.3) is 5.65 Å². The quantitative estimate of drug-likeness (QED) is 0.652. The second kappa shape index (κ2) is 8.05. The number of hydrogen-bond donors (Lipinski definition) is 0. The van der Waals surface area contributed by atoms with Gasteiger partial charge in [0.1, 0.15) is 5.56 Å². The summed E-state index contributed by atoms with van der Waals surface area (Å²) in [5.74, 6) is -0.104. The van der Waals surface area contributed by atoms with Gasteiger partial charge in [-0.1, -0.05) is 19.9 Å². The van der Waals surface area contributed by atoms with Crippen LogP contribution >= 0.6 is 0 Å². The lowest BCUT2D eigenvalue weighted by atomic mass is 10.2. The number of aromatic nitrogens is 4. The second-order valence-corrected chi connectivity index (χ2v) is 6.27. The van der Waals surface area contributed by atoms with Gasteiger partial charge in [0.25, 0.3) is 5.91 Å². The van der Waals surface area contributed by atoms with Gasteiger partial charge in [-0.15, -0.1) is 0 Å². The number of rotatable bonds is 7. The van der Waals surface area contributed by atoms with Crippen LogP contribution in [0.15, 0.2) is 43.1 Å². The maximum absolute atomic E-state index is 12.8. The number of carbonyl (C=O) groups excluding carboxylic acids is 1. The van der Waals surface area contributed by atoms with Crippen molar-refractivity contribution in [2.24, 2.45) is 0 Å². The Bertz CT molecular complexity index is 872. The molecule has 0 aliphatic heterocycles. The predicted molar refractivity (Wildman–Crippen MR) is 99.6 cm³/mol. The van der Waals surface area contributed by atoms with Gasteiger partial charge in [0.05, 0.1) is 6.20 Å². The minimum absolute atomic E-state index is 0.104. The zero-order valence-electron chi connectivity index (χ0n) is 15.5. The van der Waals surface area contributed by atoms with Crippen molar-refractivity contribution >= 4 is 11.6 Å². The van der Waals surface area contributed by atoms with Crippen molar-refractivity contribution in [2.45, 2.75) is 26.9 Å². The van der Waals surface area contributed by atoms with Gasteiger partial charge in [-0.3, -0.25) is 14.7 Å². The molecule has 0 aliphatic rings. The Morgan fingerprint density at radius 2 is 1.92 bits per heavy atom. The summed E-state index contributed by atoms with van der Waals surface area (Å²) in [7, 11) is 1.77. The molecule has 7 heteroatoms. The van der Waals surface area contributed by atoms with Gasteiger partial charge >= 0.3 is 0 Å². The minimum atomic E-state index is -0.104. The third kappa shape index (κ3) is 3.88. The highest BCUT2D eigenvalue weighted by Crippen LogP contribution is 2.14. The molecule has 3 rings (SSSR count). The Hall–Kier alpha value is -2.80. The van der Waals surface area contributed by atoms with Gasteiger partial charge < -0.3 is 4.90 Å². The van der Waals surface area contributed by atoms with Crippen LogP contribution in [-0.4, -0.2) is 55.4 Å². The molecule has 7 nitrogen and oxygen atoms in total. The number of amides is 1. The van der Waals surface area contributed by atoms with Gasteiger partial charge in [0, 0.05) is 50.5 Å². The van der Waals surface area contributed by atoms with Crippen LogP contribution in [0.1, 0.15) is 35.3 Å². The Labute approximate surface area is 153 Å². The topological polar surface area (TPSA) is 66.6 Å². The van der Waals surface area contributed by atoms with Crippen molar-refractivity contribution in [1.29, 1.82) is 0 Å². The van der Waals surface area contributed by atoms with E-state index in [-0.39, 0.29) is 5.91 Å². The molecule has 0 saturated heterocycles. The van der Waals surface area contributed by atoms with E-state index in [2.05, 4.69) is 33.8 Å². The Kier molecular flexibility index (Phi) is 5.58.